The number of imidazole rings is 2. The molecule has 2 heterocycles. The summed E-state index contributed by atoms with van der Waals surface area (Å²) in [6.07, 6.45) is 7.02. The molecule has 0 unspecified atom stereocenters. The summed E-state index contributed by atoms with van der Waals surface area (Å²) in [6, 6.07) is 19.7. The van der Waals surface area contributed by atoms with Gasteiger partial charge in [0, 0.05) is 26.2 Å². The first-order chi connectivity index (χ1) is 17.9. The van der Waals surface area contributed by atoms with Crippen LogP contribution in [0.1, 0.15) is 46.0 Å². The van der Waals surface area contributed by atoms with Gasteiger partial charge in [-0.2, -0.15) is 0 Å². The fourth-order valence-electron chi connectivity index (χ4n) is 3.34. The van der Waals surface area contributed by atoms with Crippen LogP contribution in [0, 0.1) is 0 Å². The second-order valence-electron chi connectivity index (χ2n) is 7.96. The van der Waals surface area contributed by atoms with Gasteiger partial charge < -0.3 is 19.0 Å². The number of benzene rings is 2. The van der Waals surface area contributed by atoms with Crippen molar-refractivity contribution >= 4 is 17.5 Å². The van der Waals surface area contributed by atoms with Crippen LogP contribution in [0.3, 0.4) is 0 Å². The number of hydrogen-bond acceptors (Lipinski definition) is 7. The van der Waals surface area contributed by atoms with Gasteiger partial charge in [-0.3, -0.25) is 9.59 Å². The molecule has 0 aliphatic heterocycles. The van der Waals surface area contributed by atoms with Crippen LogP contribution in [0.2, 0.25) is 0 Å². The SMILES string of the molecule is CC(=O)c1cncn1Cc1ccccc1.CCOC(=O)/C([O-])=C/C(=O)c1cn(Cc2ccccc2)cn1.[Li+]. The minimum atomic E-state index is -1.04. The largest absolute Gasteiger partial charge is 1.00 e. The molecule has 0 aliphatic rings. The van der Waals surface area contributed by atoms with E-state index < -0.39 is 17.5 Å². The van der Waals surface area contributed by atoms with E-state index in [-0.39, 0.29) is 36.9 Å². The maximum absolute atomic E-state index is 11.9. The molecular formula is C28H27LiN4O5. The first kappa shape index (κ1) is 30.0. The van der Waals surface area contributed by atoms with E-state index in [2.05, 4.69) is 14.7 Å². The van der Waals surface area contributed by atoms with E-state index in [1.165, 1.54) is 12.5 Å². The topological polar surface area (TPSA) is 119 Å². The van der Waals surface area contributed by atoms with Gasteiger partial charge in [-0.1, -0.05) is 60.7 Å². The Morgan fingerprint density at radius 1 is 0.947 bits per heavy atom. The average molecular weight is 506 g/mol. The summed E-state index contributed by atoms with van der Waals surface area (Å²) in [4.78, 5) is 42.2. The quantitative estimate of drug-likeness (QED) is 0.104. The number of ether oxygens (including phenoxy) is 1. The molecule has 4 rings (SSSR count). The van der Waals surface area contributed by atoms with E-state index in [1.807, 2.05) is 65.2 Å². The smallest absolute Gasteiger partial charge is 0.867 e. The minimum Gasteiger partial charge on any atom is -0.867 e. The summed E-state index contributed by atoms with van der Waals surface area (Å²) in [5.41, 5.74) is 2.98. The Morgan fingerprint density at radius 2 is 1.55 bits per heavy atom. The maximum Gasteiger partial charge on any atom is 1.00 e. The molecule has 0 spiro atoms. The van der Waals surface area contributed by atoms with Crippen LogP contribution in [0.25, 0.3) is 0 Å². The van der Waals surface area contributed by atoms with E-state index in [4.69, 9.17) is 0 Å². The summed E-state index contributed by atoms with van der Waals surface area (Å²) >= 11 is 0. The molecule has 38 heavy (non-hydrogen) atoms. The molecule has 9 nitrogen and oxygen atoms in total. The second-order valence-corrected chi connectivity index (χ2v) is 7.96. The first-order valence-electron chi connectivity index (χ1n) is 11.6. The van der Waals surface area contributed by atoms with Crippen LogP contribution < -0.4 is 24.0 Å². The van der Waals surface area contributed by atoms with Crippen LogP contribution in [0.15, 0.2) is 97.5 Å². The van der Waals surface area contributed by atoms with Crippen LogP contribution in [-0.4, -0.2) is 43.2 Å². The van der Waals surface area contributed by atoms with Gasteiger partial charge in [-0.25, -0.2) is 14.8 Å². The molecule has 2 aromatic carbocycles. The van der Waals surface area contributed by atoms with E-state index in [1.54, 1.807) is 30.9 Å². The van der Waals surface area contributed by atoms with Crippen LogP contribution in [0.4, 0.5) is 0 Å². The van der Waals surface area contributed by atoms with Crippen molar-refractivity contribution < 1.29 is 43.1 Å². The normalized spacial score (nSPS) is 10.5. The van der Waals surface area contributed by atoms with Crippen molar-refractivity contribution in [2.45, 2.75) is 26.9 Å². The van der Waals surface area contributed by atoms with E-state index >= 15 is 0 Å². The third-order valence-corrected chi connectivity index (χ3v) is 5.10. The molecular weight excluding hydrogens is 479 g/mol. The second kappa shape index (κ2) is 15.1. The number of aromatic nitrogens is 4. The van der Waals surface area contributed by atoms with Crippen molar-refractivity contribution in [3.05, 3.63) is 120 Å². The predicted molar refractivity (Wildman–Crippen MR) is 135 cm³/mol. The van der Waals surface area contributed by atoms with Crippen LogP contribution >= 0.6 is 0 Å². The fraction of sp³-hybridized carbons (Fsp3) is 0.179. The number of allylic oxidation sites excluding steroid dienone is 1. The van der Waals surface area contributed by atoms with Crippen molar-refractivity contribution in [2.24, 2.45) is 0 Å². The van der Waals surface area contributed by atoms with Crippen molar-refractivity contribution in [2.75, 3.05) is 6.61 Å². The number of carbonyl (C=O) groups excluding carboxylic acids is 3. The maximum atomic E-state index is 11.9. The van der Waals surface area contributed by atoms with Gasteiger partial charge in [0.05, 0.1) is 25.5 Å². The number of nitrogens with zero attached hydrogens (tertiary/aromatic N) is 4. The molecule has 4 aromatic rings. The molecule has 0 bridgehead atoms. The van der Waals surface area contributed by atoms with Crippen LogP contribution in [0.5, 0.6) is 0 Å². The van der Waals surface area contributed by atoms with Crippen molar-refractivity contribution in [3.63, 3.8) is 0 Å². The Bertz CT molecular complexity index is 1360. The number of esters is 1. The molecule has 190 valence electrons. The Hall–Kier alpha value is -4.19. The number of carbonyl (C=O) groups is 3. The molecule has 10 heteroatoms. The van der Waals surface area contributed by atoms with Crippen LogP contribution in [-0.2, 0) is 22.6 Å². The molecule has 0 amide bonds. The summed E-state index contributed by atoms with van der Waals surface area (Å²) in [5, 5.41) is 11.4. The number of hydrogen-bond donors (Lipinski definition) is 0. The van der Waals surface area contributed by atoms with Gasteiger partial charge in [0.1, 0.15) is 11.4 Å². The van der Waals surface area contributed by atoms with E-state index in [0.29, 0.717) is 24.9 Å². The zero-order chi connectivity index (χ0) is 26.6. The summed E-state index contributed by atoms with van der Waals surface area (Å²) < 4.78 is 8.11. The monoisotopic (exact) mass is 506 g/mol. The zero-order valence-electron chi connectivity index (χ0n) is 21.6. The Balaban J connectivity index is 0.000000277. The summed E-state index contributed by atoms with van der Waals surface area (Å²) in [7, 11) is 0. The summed E-state index contributed by atoms with van der Waals surface area (Å²) in [6.45, 7) is 4.47. The zero-order valence-corrected chi connectivity index (χ0v) is 21.6. The molecule has 0 N–H and O–H groups in total. The van der Waals surface area contributed by atoms with E-state index in [0.717, 1.165) is 11.1 Å². The predicted octanol–water partition coefficient (Wildman–Crippen LogP) is 0.0594. The molecule has 0 fully saturated rings. The molecule has 0 radical (unpaired) electrons. The Morgan fingerprint density at radius 3 is 2.13 bits per heavy atom. The molecule has 0 aliphatic carbocycles. The third kappa shape index (κ3) is 9.03. The Kier molecular flexibility index (Phi) is 12.0. The minimum absolute atomic E-state index is 0. The standard InChI is InChI=1S/C16H16N2O4.C12H12N2O.Li/c1-2-22-16(21)15(20)8-14(19)13-10-18(11-17-13)9-12-6-4-3-5-7-12;1-10(15)12-7-13-9-14(12)8-11-5-3-2-4-6-11;/h3-8,10-11,20H,2,9H2,1H3;2-7,9H,8H2,1H3;/q;;+1/p-1/b15-8-;;. The number of rotatable bonds is 9. The fourth-order valence-corrected chi connectivity index (χ4v) is 3.34. The average Bonchev–Trinajstić information content (AvgIpc) is 3.56. The first-order valence-corrected chi connectivity index (χ1v) is 11.6. The Labute approximate surface area is 233 Å². The molecule has 0 saturated heterocycles. The van der Waals surface area contributed by atoms with Gasteiger partial charge >= 0.3 is 24.8 Å². The van der Waals surface area contributed by atoms with Gasteiger partial charge in [-0.15, -0.1) is 0 Å². The van der Waals surface area contributed by atoms with Gasteiger partial charge in [0.15, 0.2) is 5.78 Å². The third-order valence-electron chi connectivity index (χ3n) is 5.10. The van der Waals surface area contributed by atoms with E-state index in [9.17, 15) is 19.5 Å². The number of Topliss-reactive ketones (excluding diaryl/α,β-unsaturated/α-hetero) is 1. The van der Waals surface area contributed by atoms with Crippen molar-refractivity contribution in [1.29, 1.82) is 0 Å². The van der Waals surface area contributed by atoms with Gasteiger partial charge in [-0.05, 0) is 29.9 Å². The number of ketones is 2. The molecule has 0 saturated carbocycles. The summed E-state index contributed by atoms with van der Waals surface area (Å²) in [5.74, 6) is -2.60. The molecule has 0 atom stereocenters. The van der Waals surface area contributed by atoms with Gasteiger partial charge in [0.25, 0.3) is 0 Å². The van der Waals surface area contributed by atoms with Gasteiger partial charge in [0.2, 0.25) is 5.78 Å². The molecule has 2 aromatic heterocycles. The van der Waals surface area contributed by atoms with Crippen molar-refractivity contribution in [1.82, 2.24) is 19.1 Å². The van der Waals surface area contributed by atoms with Crippen molar-refractivity contribution in [3.8, 4) is 0 Å².